The summed E-state index contributed by atoms with van der Waals surface area (Å²) in [5.41, 5.74) is 4.02. The van der Waals surface area contributed by atoms with Crippen LogP contribution in [0.5, 0.6) is 11.5 Å². The van der Waals surface area contributed by atoms with E-state index < -0.39 is 14.4 Å². The van der Waals surface area contributed by atoms with Crippen molar-refractivity contribution in [1.29, 1.82) is 0 Å². The van der Waals surface area contributed by atoms with Crippen LogP contribution >= 0.6 is 0 Å². The molecular formula is C28H44N2O5Si. The normalized spacial score (nSPS) is 17.9. The molecule has 0 bridgehead atoms. The predicted molar refractivity (Wildman–Crippen MR) is 148 cm³/mol. The Bertz CT molecular complexity index is 1010. The molecule has 200 valence electrons. The van der Waals surface area contributed by atoms with E-state index in [1.54, 1.807) is 14.0 Å². The number of aromatic nitrogens is 1. The highest BCUT2D eigenvalue weighted by atomic mass is 28.4. The molecule has 2 aromatic rings. The Morgan fingerprint density at radius 3 is 2.14 bits per heavy atom. The fourth-order valence-electron chi connectivity index (χ4n) is 5.39. The smallest absolute Gasteiger partial charge is 0.258 e. The van der Waals surface area contributed by atoms with Crippen molar-refractivity contribution < 1.29 is 23.7 Å². The third kappa shape index (κ3) is 6.15. The van der Waals surface area contributed by atoms with Crippen molar-refractivity contribution in [3.63, 3.8) is 0 Å². The molecule has 1 aromatic carbocycles. The highest BCUT2D eigenvalue weighted by molar-refractivity contribution is 6.78. The maximum absolute atomic E-state index is 9.85. The molecule has 0 amide bonds. The summed E-state index contributed by atoms with van der Waals surface area (Å²) < 4.78 is 24.3. The van der Waals surface area contributed by atoms with Crippen LogP contribution in [-0.4, -0.2) is 62.9 Å². The molecule has 0 fully saturated rings. The summed E-state index contributed by atoms with van der Waals surface area (Å²) in [5.74, 6) is 2.09. The number of benzene rings is 1. The molecule has 36 heavy (non-hydrogen) atoms. The van der Waals surface area contributed by atoms with Gasteiger partial charge in [-0.25, -0.2) is 4.99 Å². The topological polar surface area (TPSA) is 85.3 Å². The Labute approximate surface area is 217 Å². The van der Waals surface area contributed by atoms with E-state index in [0.717, 1.165) is 28.5 Å². The van der Waals surface area contributed by atoms with Gasteiger partial charge in [0.25, 0.3) is 8.32 Å². The first kappa shape index (κ1) is 28.3. The lowest BCUT2D eigenvalue weighted by Gasteiger charge is -2.42. The van der Waals surface area contributed by atoms with Crippen LogP contribution in [0.4, 0.5) is 0 Å². The number of nitrogens with zero attached hydrogens (tertiary/aromatic N) is 1. The number of aromatic amines is 1. The zero-order valence-corrected chi connectivity index (χ0v) is 24.3. The highest BCUT2D eigenvalue weighted by Crippen LogP contribution is 2.44. The first-order valence-electron chi connectivity index (χ1n) is 13.1. The number of aliphatic hydroxyl groups is 1. The molecule has 8 heteroatoms. The Kier molecular flexibility index (Phi) is 9.30. The fourth-order valence-corrected chi connectivity index (χ4v) is 10.6. The van der Waals surface area contributed by atoms with Gasteiger partial charge in [0.1, 0.15) is 35.9 Å². The summed E-state index contributed by atoms with van der Waals surface area (Å²) in [6.07, 6.45) is -0.648. The number of ether oxygens (including phenoxy) is 3. The van der Waals surface area contributed by atoms with Gasteiger partial charge in [-0.15, -0.1) is 0 Å². The number of H-pyrrole nitrogens is 1. The predicted octanol–water partition coefficient (Wildman–Crippen LogP) is 6.18. The van der Waals surface area contributed by atoms with E-state index in [0.29, 0.717) is 35.7 Å². The van der Waals surface area contributed by atoms with Crippen molar-refractivity contribution in [2.24, 2.45) is 4.99 Å². The zero-order chi connectivity index (χ0) is 26.6. The van der Waals surface area contributed by atoms with Crippen molar-refractivity contribution in [2.75, 3.05) is 20.3 Å². The van der Waals surface area contributed by atoms with E-state index in [1.807, 2.05) is 31.2 Å². The molecule has 0 aliphatic carbocycles. The van der Waals surface area contributed by atoms with Crippen LogP contribution < -0.4 is 9.16 Å². The molecule has 2 N–H and O–H groups in total. The van der Waals surface area contributed by atoms with Crippen molar-refractivity contribution >= 4 is 14.2 Å². The van der Waals surface area contributed by atoms with E-state index in [9.17, 15) is 5.11 Å². The summed E-state index contributed by atoms with van der Waals surface area (Å²) in [7, 11) is -0.482. The molecule has 0 saturated carbocycles. The van der Waals surface area contributed by atoms with Gasteiger partial charge in [0, 0.05) is 24.4 Å². The van der Waals surface area contributed by atoms with Gasteiger partial charge in [-0.2, -0.15) is 0 Å². The first-order chi connectivity index (χ1) is 17.0. The lowest BCUT2D eigenvalue weighted by atomic mass is 10.1. The Morgan fingerprint density at radius 2 is 1.58 bits per heavy atom. The quantitative estimate of drug-likeness (QED) is 0.329. The van der Waals surface area contributed by atoms with Crippen LogP contribution in [0, 0.1) is 0 Å². The van der Waals surface area contributed by atoms with Crippen molar-refractivity contribution in [3.8, 4) is 22.8 Å². The SMILES string of the molecule is COC[C@H](C)Oc1cc(O[Si](C(C)C)(C(C)C)C(C)C)cc(-c2ccc(C3=N[C@H]([C@H](C)O)CO3)[nH]2)c1. The molecule has 0 spiro atoms. The van der Waals surface area contributed by atoms with Crippen LogP contribution in [0.15, 0.2) is 35.3 Å². The lowest BCUT2D eigenvalue weighted by Crippen LogP contribution is -2.50. The van der Waals surface area contributed by atoms with Gasteiger partial charge in [-0.05, 0) is 54.7 Å². The fraction of sp³-hybridized carbons (Fsp3) is 0.607. The Hall–Kier alpha value is -2.29. The molecule has 0 saturated heterocycles. The van der Waals surface area contributed by atoms with Gasteiger partial charge in [-0.3, -0.25) is 0 Å². The maximum atomic E-state index is 9.85. The largest absolute Gasteiger partial charge is 0.543 e. The van der Waals surface area contributed by atoms with E-state index in [-0.39, 0.29) is 12.1 Å². The Morgan fingerprint density at radius 1 is 0.972 bits per heavy atom. The van der Waals surface area contributed by atoms with E-state index in [1.165, 1.54) is 0 Å². The number of methoxy groups -OCH3 is 1. The maximum Gasteiger partial charge on any atom is 0.258 e. The number of rotatable bonds is 12. The van der Waals surface area contributed by atoms with E-state index in [2.05, 4.69) is 57.6 Å². The number of nitrogens with one attached hydrogen (secondary N) is 1. The number of hydrogen-bond acceptors (Lipinski definition) is 6. The summed E-state index contributed by atoms with van der Waals surface area (Å²) in [6.45, 7) is 18.3. The molecule has 3 atom stereocenters. The molecule has 1 aliphatic rings. The van der Waals surface area contributed by atoms with Gasteiger partial charge < -0.3 is 28.7 Å². The molecule has 1 aromatic heterocycles. The Balaban J connectivity index is 2.01. The minimum Gasteiger partial charge on any atom is -0.543 e. The molecule has 2 heterocycles. The monoisotopic (exact) mass is 516 g/mol. The van der Waals surface area contributed by atoms with Crippen LogP contribution in [0.1, 0.15) is 61.1 Å². The van der Waals surface area contributed by atoms with Gasteiger partial charge in [0.15, 0.2) is 0 Å². The van der Waals surface area contributed by atoms with Crippen molar-refractivity contribution in [2.45, 2.75) is 90.3 Å². The summed E-state index contributed by atoms with van der Waals surface area (Å²) in [5, 5.41) is 9.85. The van der Waals surface area contributed by atoms with Gasteiger partial charge in [-0.1, -0.05) is 41.5 Å². The molecule has 1 aliphatic heterocycles. The van der Waals surface area contributed by atoms with Crippen molar-refractivity contribution in [1.82, 2.24) is 4.98 Å². The molecule has 0 radical (unpaired) electrons. The van der Waals surface area contributed by atoms with Crippen LogP contribution in [0.25, 0.3) is 11.3 Å². The molecule has 3 rings (SSSR count). The number of aliphatic imine (C=N–C) groups is 1. The van der Waals surface area contributed by atoms with Gasteiger partial charge >= 0.3 is 0 Å². The third-order valence-corrected chi connectivity index (χ3v) is 13.1. The van der Waals surface area contributed by atoms with Crippen LogP contribution in [0.2, 0.25) is 16.6 Å². The lowest BCUT2D eigenvalue weighted by molar-refractivity contribution is 0.0920. The minimum absolute atomic E-state index is 0.0988. The summed E-state index contributed by atoms with van der Waals surface area (Å²) >= 11 is 0. The minimum atomic E-state index is -2.16. The highest BCUT2D eigenvalue weighted by Gasteiger charge is 2.47. The van der Waals surface area contributed by atoms with E-state index >= 15 is 0 Å². The molecule has 0 unspecified atom stereocenters. The van der Waals surface area contributed by atoms with Gasteiger partial charge in [0.05, 0.1) is 12.7 Å². The second-order valence-corrected chi connectivity index (χ2v) is 16.2. The third-order valence-electron chi connectivity index (χ3n) is 7.08. The summed E-state index contributed by atoms with van der Waals surface area (Å²) in [6, 6.07) is 9.84. The average Bonchev–Trinajstić information content (AvgIpc) is 3.46. The first-order valence-corrected chi connectivity index (χ1v) is 15.2. The number of hydrogen-bond donors (Lipinski definition) is 2. The number of aliphatic hydroxyl groups excluding tert-OH is 1. The molecular weight excluding hydrogens is 472 g/mol. The van der Waals surface area contributed by atoms with E-state index in [4.69, 9.17) is 18.6 Å². The standard InChI is InChI=1S/C28H44N2O5Si/c1-17(2)36(18(3)4,19(5)6)35-24-13-22(12-23(14-24)34-20(7)15-32-9)25-10-11-26(29-25)28-30-27(16-33-28)21(8)31/h10-14,17-21,27,29,31H,15-16H2,1-9H3/t20-,21-,27-/m0/s1. The second kappa shape index (κ2) is 11.8. The zero-order valence-electron chi connectivity index (χ0n) is 23.3. The average molecular weight is 517 g/mol. The van der Waals surface area contributed by atoms with Gasteiger partial charge in [0.2, 0.25) is 5.90 Å². The molecule has 7 nitrogen and oxygen atoms in total. The van der Waals surface area contributed by atoms with Crippen LogP contribution in [-0.2, 0) is 9.47 Å². The second-order valence-electron chi connectivity index (χ2n) is 10.8. The summed E-state index contributed by atoms with van der Waals surface area (Å²) in [4.78, 5) is 7.95. The van der Waals surface area contributed by atoms with Crippen molar-refractivity contribution in [3.05, 3.63) is 36.0 Å². The van der Waals surface area contributed by atoms with Crippen LogP contribution in [0.3, 0.4) is 0 Å².